The Bertz CT molecular complexity index is 2030. The van der Waals surface area contributed by atoms with Crippen LogP contribution in [0.2, 0.25) is 0 Å². The molecule has 1 atom stereocenters. The largest absolute Gasteiger partial charge is 0.481 e. The fraction of sp³-hybridized carbons (Fsp3) is 0.316. The summed E-state index contributed by atoms with van der Waals surface area (Å²) in [5.74, 6) is 4.96. The second-order valence-electron chi connectivity index (χ2n) is 14.0. The smallest absolute Gasteiger partial charge is 0.303 e. The van der Waals surface area contributed by atoms with Crippen molar-refractivity contribution in [3.63, 3.8) is 0 Å². The molecule has 6 rings (SSSR count). The third-order valence-electron chi connectivity index (χ3n) is 9.71. The molecule has 1 aliphatic heterocycles. The van der Waals surface area contributed by atoms with E-state index in [1.807, 2.05) is 30.3 Å². The van der Waals surface area contributed by atoms with E-state index in [9.17, 15) is 9.90 Å². The normalized spacial score (nSPS) is 19.6. The predicted molar refractivity (Wildman–Crippen MR) is 185 cm³/mol. The van der Waals surface area contributed by atoms with Crippen LogP contribution in [0.3, 0.4) is 0 Å². The summed E-state index contributed by atoms with van der Waals surface area (Å²) >= 11 is 0. The molecule has 3 heterocycles. The van der Waals surface area contributed by atoms with E-state index in [4.69, 9.17) is 16.3 Å². The molecule has 0 saturated heterocycles. The van der Waals surface area contributed by atoms with E-state index in [0.717, 1.165) is 35.0 Å². The average molecular weight is 669 g/mol. The van der Waals surface area contributed by atoms with Crippen LogP contribution in [0.5, 0.6) is 11.5 Å². The maximum absolute atomic E-state index is 15.7. The van der Waals surface area contributed by atoms with Crippen LogP contribution >= 0.6 is 0 Å². The van der Waals surface area contributed by atoms with Crippen molar-refractivity contribution in [2.24, 2.45) is 17.0 Å². The van der Waals surface area contributed by atoms with Gasteiger partial charge in [-0.15, -0.1) is 0 Å². The molecular weight excluding hydrogens is 626 g/mol. The third-order valence-corrected chi connectivity index (χ3v) is 9.71. The third kappa shape index (κ3) is 7.31. The first-order chi connectivity index (χ1) is 23.3. The highest BCUT2D eigenvalue weighted by molar-refractivity contribution is 5.85. The number of carboxylic acids is 1. The van der Waals surface area contributed by atoms with Crippen molar-refractivity contribution in [1.82, 2.24) is 20.0 Å². The van der Waals surface area contributed by atoms with Crippen molar-refractivity contribution in [3.8, 4) is 22.9 Å². The van der Waals surface area contributed by atoms with Gasteiger partial charge in [0.1, 0.15) is 17.4 Å². The number of aromatic nitrogens is 3. The van der Waals surface area contributed by atoms with Gasteiger partial charge >= 0.3 is 5.97 Å². The predicted octanol–water partition coefficient (Wildman–Crippen LogP) is 8.03. The lowest BCUT2D eigenvalue weighted by atomic mass is 9.71. The van der Waals surface area contributed by atoms with E-state index in [2.05, 4.69) is 35.7 Å². The molecule has 0 radical (unpaired) electrons. The van der Waals surface area contributed by atoms with Crippen molar-refractivity contribution in [2.75, 3.05) is 0 Å². The van der Waals surface area contributed by atoms with Crippen molar-refractivity contribution in [3.05, 3.63) is 113 Å². The van der Waals surface area contributed by atoms with Gasteiger partial charge in [0, 0.05) is 64.4 Å². The molecule has 256 valence electrons. The lowest BCUT2D eigenvalue weighted by Crippen LogP contribution is -2.28. The van der Waals surface area contributed by atoms with Gasteiger partial charge in [0.15, 0.2) is 11.6 Å². The number of H-pyrrole nitrogens is 2. The van der Waals surface area contributed by atoms with Crippen LogP contribution in [0.4, 0.5) is 8.78 Å². The number of halogens is 2. The van der Waals surface area contributed by atoms with Gasteiger partial charge in [-0.3, -0.25) is 4.79 Å². The second-order valence-corrected chi connectivity index (χ2v) is 14.0. The molecule has 7 N–H and O–H groups in total. The SMILES string of the molecule is CC1(C)CC/C(N)=C/N(N)Cc2c(c(F)cc3[nH]ccc23)Oc2ccc(F)c(c2)-c2ncc([nH]2)C(C)(c2cccc(CCC(=O)O)c2)CC1. The molecular formula is C38H42F2N6O3. The van der Waals surface area contributed by atoms with Gasteiger partial charge in [-0.25, -0.2) is 19.6 Å². The Balaban J connectivity index is 1.47. The maximum Gasteiger partial charge on any atom is 0.303 e. The maximum atomic E-state index is 15.7. The molecule has 0 spiro atoms. The fourth-order valence-electron chi connectivity index (χ4n) is 6.55. The Morgan fingerprint density at radius 1 is 1.06 bits per heavy atom. The average Bonchev–Trinajstić information content (AvgIpc) is 3.75. The standard InChI is InChI=1S/C38H42F2N6O3/c1-37(2)13-11-25(41)21-46(42)22-29-27-12-16-43-32(27)19-31(40)35(29)49-26-8-9-30(39)28(18-26)36-44-20-33(45-36)38(3,15-14-37)24-6-4-5-23(17-24)7-10-34(47)48/h4-6,8-9,12,16-21,43H,7,10-11,13-15,22,41-42H2,1-3H3,(H,44,45)(H,47,48)/b25-21-. The van der Waals surface area contributed by atoms with E-state index in [0.29, 0.717) is 41.9 Å². The number of hydrogen-bond donors (Lipinski definition) is 5. The number of ether oxygens (including phenoxy) is 1. The number of imidazole rings is 1. The van der Waals surface area contributed by atoms with Crippen LogP contribution < -0.4 is 16.3 Å². The van der Waals surface area contributed by atoms with Crippen molar-refractivity contribution >= 4 is 16.9 Å². The number of nitrogens with zero attached hydrogens (tertiary/aromatic N) is 2. The number of nitrogens with one attached hydrogen (secondary N) is 2. The second kappa shape index (κ2) is 13.4. The summed E-state index contributed by atoms with van der Waals surface area (Å²) in [5, 5.41) is 11.4. The lowest BCUT2D eigenvalue weighted by Gasteiger charge is -2.34. The number of nitrogens with two attached hydrogens (primary N) is 2. The summed E-state index contributed by atoms with van der Waals surface area (Å²) < 4.78 is 37.3. The molecule has 0 saturated carbocycles. The Hall–Kier alpha value is -5.16. The first kappa shape index (κ1) is 33.7. The zero-order valence-electron chi connectivity index (χ0n) is 27.9. The van der Waals surface area contributed by atoms with Crippen molar-refractivity contribution in [2.45, 2.75) is 71.3 Å². The van der Waals surface area contributed by atoms with Gasteiger partial charge in [-0.1, -0.05) is 38.1 Å². The number of hydrogen-bond acceptors (Lipinski definition) is 6. The van der Waals surface area contributed by atoms with Gasteiger partial charge in [-0.2, -0.15) is 0 Å². The molecule has 2 aromatic heterocycles. The molecule has 0 amide bonds. The van der Waals surface area contributed by atoms with Crippen LogP contribution in [0.1, 0.15) is 75.3 Å². The number of benzene rings is 3. The van der Waals surface area contributed by atoms with Gasteiger partial charge < -0.3 is 30.6 Å². The Kier molecular flexibility index (Phi) is 9.22. The van der Waals surface area contributed by atoms with Crippen LogP contribution in [0.15, 0.2) is 78.9 Å². The molecule has 3 aromatic carbocycles. The highest BCUT2D eigenvalue weighted by atomic mass is 19.1. The van der Waals surface area contributed by atoms with E-state index >= 15 is 8.78 Å². The van der Waals surface area contributed by atoms with Gasteiger partial charge in [0.2, 0.25) is 0 Å². The van der Waals surface area contributed by atoms with E-state index in [-0.39, 0.29) is 35.4 Å². The zero-order valence-corrected chi connectivity index (χ0v) is 27.9. The number of rotatable bonds is 4. The summed E-state index contributed by atoms with van der Waals surface area (Å²) in [6.07, 6.45) is 8.44. The molecule has 0 fully saturated rings. The quantitative estimate of drug-likeness (QED) is 0.122. The molecule has 1 aliphatic rings. The minimum absolute atomic E-state index is 0.0263. The summed E-state index contributed by atoms with van der Waals surface area (Å²) in [6, 6.07) is 15.4. The van der Waals surface area contributed by atoms with Gasteiger partial charge in [0.05, 0.1) is 12.1 Å². The van der Waals surface area contributed by atoms with E-state index < -0.39 is 23.0 Å². The summed E-state index contributed by atoms with van der Waals surface area (Å²) in [4.78, 5) is 22.4. The monoisotopic (exact) mass is 668 g/mol. The molecule has 9 nitrogen and oxygen atoms in total. The Morgan fingerprint density at radius 2 is 1.88 bits per heavy atom. The summed E-state index contributed by atoms with van der Waals surface area (Å²) in [5.41, 5.74) is 10.3. The molecule has 49 heavy (non-hydrogen) atoms. The topological polar surface area (TPSA) is 146 Å². The fourth-order valence-corrected chi connectivity index (χ4v) is 6.55. The molecule has 1 unspecified atom stereocenters. The lowest BCUT2D eigenvalue weighted by molar-refractivity contribution is -0.136. The number of aryl methyl sites for hydroxylation is 1. The Labute approximate surface area is 284 Å². The summed E-state index contributed by atoms with van der Waals surface area (Å²) in [6.45, 7) is 6.62. The number of hydrazine groups is 1. The molecule has 11 heteroatoms. The van der Waals surface area contributed by atoms with Gasteiger partial charge in [0.25, 0.3) is 0 Å². The highest BCUT2D eigenvalue weighted by Crippen LogP contribution is 2.42. The van der Waals surface area contributed by atoms with Crippen LogP contribution in [0.25, 0.3) is 22.3 Å². The Morgan fingerprint density at radius 3 is 2.67 bits per heavy atom. The first-order valence-corrected chi connectivity index (χ1v) is 16.4. The number of aliphatic carboxylic acids is 1. The molecule has 0 aliphatic carbocycles. The number of fused-ring (bicyclic) bond motifs is 8. The number of carboxylic acid groups (broad SMARTS) is 1. The number of aromatic amines is 2. The van der Waals surface area contributed by atoms with E-state index in [1.165, 1.54) is 29.3 Å². The van der Waals surface area contributed by atoms with Crippen LogP contribution in [0, 0.1) is 17.0 Å². The number of carbonyl (C=O) groups is 1. The van der Waals surface area contributed by atoms with Crippen LogP contribution in [-0.4, -0.2) is 31.0 Å². The zero-order chi connectivity index (χ0) is 34.9. The first-order valence-electron chi connectivity index (χ1n) is 16.4. The minimum Gasteiger partial charge on any atom is -0.481 e. The van der Waals surface area contributed by atoms with Crippen molar-refractivity contribution < 1.29 is 23.4 Å². The molecule has 5 aromatic rings. The van der Waals surface area contributed by atoms with Gasteiger partial charge in [-0.05, 0) is 79.8 Å². The summed E-state index contributed by atoms with van der Waals surface area (Å²) in [7, 11) is 0. The van der Waals surface area contributed by atoms with Crippen molar-refractivity contribution in [1.29, 1.82) is 0 Å². The highest BCUT2D eigenvalue weighted by Gasteiger charge is 2.34. The minimum atomic E-state index is -0.855. The molecule has 4 bridgehead atoms. The van der Waals surface area contributed by atoms with E-state index in [1.54, 1.807) is 18.6 Å². The van der Waals surface area contributed by atoms with Crippen LogP contribution in [-0.2, 0) is 23.2 Å². The number of allylic oxidation sites excluding steroid dienone is 1.